The third-order valence-electron chi connectivity index (χ3n) is 5.87. The van der Waals surface area contributed by atoms with E-state index in [0.717, 1.165) is 47.9 Å². The lowest BCUT2D eigenvalue weighted by Gasteiger charge is -2.15. The summed E-state index contributed by atoms with van der Waals surface area (Å²) >= 11 is 0. The van der Waals surface area contributed by atoms with Gasteiger partial charge in [0.25, 0.3) is 0 Å². The normalized spacial score (nSPS) is 10.8. The smallest absolute Gasteiger partial charge is 0.305 e. The first kappa shape index (κ1) is 25.1. The molecule has 0 heterocycles. The Morgan fingerprint density at radius 2 is 1.71 bits per heavy atom. The molecule has 0 atom stereocenters. The summed E-state index contributed by atoms with van der Waals surface area (Å²) in [5.74, 6) is 0.306. The zero-order valence-corrected chi connectivity index (χ0v) is 19.6. The SMILES string of the molecule is CCc1cc(-c2ccc(F)cc2)c(O)cc1OCCCCc1cccc(O)c1CCC(=O)OC. The number of carbonyl (C=O) groups excluding carboxylic acids is 1. The van der Waals surface area contributed by atoms with Crippen molar-refractivity contribution in [2.24, 2.45) is 0 Å². The van der Waals surface area contributed by atoms with Crippen LogP contribution in [0.5, 0.6) is 17.2 Å². The summed E-state index contributed by atoms with van der Waals surface area (Å²) in [5.41, 5.74) is 4.15. The summed E-state index contributed by atoms with van der Waals surface area (Å²) in [6, 6.07) is 15.0. The molecule has 0 aliphatic rings. The second-order valence-electron chi connectivity index (χ2n) is 8.13. The first-order chi connectivity index (χ1) is 16.4. The van der Waals surface area contributed by atoms with Crippen molar-refractivity contribution in [2.45, 2.75) is 45.4 Å². The number of phenols is 2. The monoisotopic (exact) mass is 466 g/mol. The fraction of sp³-hybridized carbons (Fsp3) is 0.321. The third kappa shape index (κ3) is 6.50. The second kappa shape index (κ2) is 12.1. The van der Waals surface area contributed by atoms with Crippen LogP contribution in [0.1, 0.15) is 42.9 Å². The number of rotatable bonds is 11. The summed E-state index contributed by atoms with van der Waals surface area (Å²) in [4.78, 5) is 11.5. The van der Waals surface area contributed by atoms with Gasteiger partial charge in [0.1, 0.15) is 23.1 Å². The zero-order valence-electron chi connectivity index (χ0n) is 19.6. The van der Waals surface area contributed by atoms with Gasteiger partial charge in [-0.2, -0.15) is 0 Å². The molecule has 0 spiro atoms. The highest BCUT2D eigenvalue weighted by molar-refractivity contribution is 5.72. The van der Waals surface area contributed by atoms with Gasteiger partial charge in [-0.1, -0.05) is 31.2 Å². The Bertz CT molecular complexity index is 1110. The molecule has 0 amide bonds. The summed E-state index contributed by atoms with van der Waals surface area (Å²) < 4.78 is 23.9. The maximum atomic E-state index is 13.2. The van der Waals surface area contributed by atoms with Gasteiger partial charge < -0.3 is 19.7 Å². The van der Waals surface area contributed by atoms with Gasteiger partial charge in [0, 0.05) is 18.1 Å². The van der Waals surface area contributed by atoms with Crippen molar-refractivity contribution in [3.05, 3.63) is 77.1 Å². The van der Waals surface area contributed by atoms with Gasteiger partial charge in [-0.05, 0) is 78.6 Å². The van der Waals surface area contributed by atoms with Crippen LogP contribution in [0.25, 0.3) is 11.1 Å². The minimum absolute atomic E-state index is 0.0915. The standard InChI is InChI=1S/C28H31FO5/c1-3-19-17-24(21-10-12-22(29)13-11-21)26(31)18-27(19)34-16-5-4-7-20-8-6-9-25(30)23(20)14-15-28(32)33-2/h6,8-13,17-18,30-31H,3-5,7,14-16H2,1-2H3. The molecule has 3 aromatic rings. The lowest BCUT2D eigenvalue weighted by Crippen LogP contribution is -2.05. The molecule has 0 aliphatic heterocycles. The number of methoxy groups -OCH3 is 1. The van der Waals surface area contributed by atoms with Crippen molar-refractivity contribution in [3.63, 3.8) is 0 Å². The summed E-state index contributed by atoms with van der Waals surface area (Å²) in [7, 11) is 1.36. The number of benzene rings is 3. The number of esters is 1. The molecule has 5 nitrogen and oxygen atoms in total. The van der Waals surface area contributed by atoms with Crippen molar-refractivity contribution in [2.75, 3.05) is 13.7 Å². The Labute approximate surface area is 199 Å². The first-order valence-corrected chi connectivity index (χ1v) is 11.5. The molecule has 3 aromatic carbocycles. The van der Waals surface area contributed by atoms with E-state index in [-0.39, 0.29) is 29.7 Å². The molecule has 0 saturated heterocycles. The molecule has 3 rings (SSSR count). The highest BCUT2D eigenvalue weighted by Gasteiger charge is 2.13. The molecule has 0 saturated carbocycles. The van der Waals surface area contributed by atoms with E-state index in [4.69, 9.17) is 9.47 Å². The molecule has 2 N–H and O–H groups in total. The van der Waals surface area contributed by atoms with Crippen LogP contribution < -0.4 is 4.74 Å². The summed E-state index contributed by atoms with van der Waals surface area (Å²) in [5, 5.41) is 20.7. The van der Waals surface area contributed by atoms with Gasteiger partial charge >= 0.3 is 5.97 Å². The lowest BCUT2D eigenvalue weighted by atomic mass is 9.97. The summed E-state index contributed by atoms with van der Waals surface area (Å²) in [6.07, 6.45) is 3.78. The van der Waals surface area contributed by atoms with Crippen LogP contribution in [0.3, 0.4) is 0 Å². The number of unbranched alkanes of at least 4 members (excludes halogenated alkanes) is 1. The van der Waals surface area contributed by atoms with Crippen molar-refractivity contribution in [1.82, 2.24) is 0 Å². The molecular weight excluding hydrogens is 435 g/mol. The fourth-order valence-corrected chi connectivity index (χ4v) is 3.96. The van der Waals surface area contributed by atoms with Gasteiger partial charge in [-0.3, -0.25) is 4.79 Å². The van der Waals surface area contributed by atoms with Gasteiger partial charge in [-0.25, -0.2) is 4.39 Å². The van der Waals surface area contributed by atoms with Crippen molar-refractivity contribution in [1.29, 1.82) is 0 Å². The highest BCUT2D eigenvalue weighted by Crippen LogP contribution is 2.36. The van der Waals surface area contributed by atoms with Gasteiger partial charge in [0.05, 0.1) is 13.7 Å². The molecule has 0 radical (unpaired) electrons. The zero-order chi connectivity index (χ0) is 24.5. The van der Waals surface area contributed by atoms with E-state index in [1.807, 2.05) is 25.1 Å². The van der Waals surface area contributed by atoms with Gasteiger partial charge in [-0.15, -0.1) is 0 Å². The Kier molecular flexibility index (Phi) is 8.91. The number of hydrogen-bond donors (Lipinski definition) is 2. The summed E-state index contributed by atoms with van der Waals surface area (Å²) in [6.45, 7) is 2.50. The lowest BCUT2D eigenvalue weighted by molar-refractivity contribution is -0.140. The van der Waals surface area contributed by atoms with Crippen LogP contribution >= 0.6 is 0 Å². The fourth-order valence-electron chi connectivity index (χ4n) is 3.96. The average molecular weight is 467 g/mol. The van der Waals surface area contributed by atoms with E-state index in [1.165, 1.54) is 19.2 Å². The minimum atomic E-state index is -0.319. The number of ether oxygens (including phenoxy) is 2. The van der Waals surface area contributed by atoms with Crippen LogP contribution in [0.2, 0.25) is 0 Å². The predicted octanol–water partition coefficient (Wildman–Crippen LogP) is 5.97. The quantitative estimate of drug-likeness (QED) is 0.269. The maximum Gasteiger partial charge on any atom is 0.305 e. The van der Waals surface area contributed by atoms with Crippen molar-refractivity contribution in [3.8, 4) is 28.4 Å². The van der Waals surface area contributed by atoms with Crippen LogP contribution in [-0.4, -0.2) is 29.9 Å². The van der Waals surface area contributed by atoms with Crippen molar-refractivity contribution >= 4 is 5.97 Å². The molecule has 0 aliphatic carbocycles. The minimum Gasteiger partial charge on any atom is -0.508 e. The highest BCUT2D eigenvalue weighted by atomic mass is 19.1. The molecule has 0 fully saturated rings. The molecule has 6 heteroatoms. The van der Waals surface area contributed by atoms with E-state index in [1.54, 1.807) is 24.3 Å². The number of hydrogen-bond acceptors (Lipinski definition) is 5. The predicted molar refractivity (Wildman–Crippen MR) is 130 cm³/mol. The van der Waals surface area contributed by atoms with Crippen molar-refractivity contribution < 1.29 is 28.9 Å². The van der Waals surface area contributed by atoms with E-state index in [0.29, 0.717) is 24.3 Å². The van der Waals surface area contributed by atoms with Crippen LogP contribution in [0.4, 0.5) is 4.39 Å². The number of aromatic hydroxyl groups is 2. The van der Waals surface area contributed by atoms with Gasteiger partial charge in [0.2, 0.25) is 0 Å². The maximum absolute atomic E-state index is 13.2. The molecule has 0 aromatic heterocycles. The van der Waals surface area contributed by atoms with Gasteiger partial charge in [0.15, 0.2) is 0 Å². The molecule has 0 bridgehead atoms. The second-order valence-corrected chi connectivity index (χ2v) is 8.13. The topological polar surface area (TPSA) is 76.0 Å². The molecule has 180 valence electrons. The number of halogens is 1. The average Bonchev–Trinajstić information content (AvgIpc) is 2.84. The Morgan fingerprint density at radius 3 is 2.41 bits per heavy atom. The largest absolute Gasteiger partial charge is 0.508 e. The Balaban J connectivity index is 1.58. The van der Waals surface area contributed by atoms with E-state index in [9.17, 15) is 19.4 Å². The van der Waals surface area contributed by atoms with Crippen LogP contribution in [0.15, 0.2) is 54.6 Å². The Morgan fingerprint density at radius 1 is 0.941 bits per heavy atom. The van der Waals surface area contributed by atoms with E-state index in [2.05, 4.69) is 0 Å². The number of carbonyl (C=O) groups is 1. The van der Waals surface area contributed by atoms with Crippen LogP contribution in [-0.2, 0) is 28.8 Å². The number of aryl methyl sites for hydroxylation is 2. The molecule has 0 unspecified atom stereocenters. The van der Waals surface area contributed by atoms with Crippen LogP contribution in [0, 0.1) is 5.82 Å². The van der Waals surface area contributed by atoms with E-state index >= 15 is 0 Å². The molecular formula is C28H31FO5. The number of phenolic OH excluding ortho intramolecular Hbond substituents is 2. The van der Waals surface area contributed by atoms with E-state index < -0.39 is 0 Å². The first-order valence-electron chi connectivity index (χ1n) is 11.5. The molecule has 34 heavy (non-hydrogen) atoms. The Hall–Kier alpha value is -3.54. The third-order valence-corrected chi connectivity index (χ3v) is 5.87.